The van der Waals surface area contributed by atoms with Crippen LogP contribution in [0.4, 0.5) is 13.2 Å². The number of carbonyl (C=O) groups excluding carboxylic acids is 1. The minimum Gasteiger partial charge on any atom is -0.347 e. The molecule has 1 N–H and O–H groups in total. The lowest BCUT2D eigenvalue weighted by Gasteiger charge is -2.09. The Hall–Kier alpha value is -3.13. The topological polar surface area (TPSA) is 46.9 Å². The van der Waals surface area contributed by atoms with Gasteiger partial charge in [-0.25, -0.2) is 4.98 Å². The van der Waals surface area contributed by atoms with Crippen LogP contribution in [0.5, 0.6) is 0 Å². The lowest BCUT2D eigenvalue weighted by atomic mass is 10.1. The third-order valence-corrected chi connectivity index (χ3v) is 5.34. The van der Waals surface area contributed by atoms with Gasteiger partial charge in [-0.15, -0.1) is 11.3 Å². The molecule has 0 aliphatic heterocycles. The highest BCUT2D eigenvalue weighted by molar-refractivity contribution is 7.21. The van der Waals surface area contributed by atoms with Crippen molar-refractivity contribution in [2.75, 3.05) is 0 Å². The fraction of sp³-hybridized carbons (Fsp3) is 0.100. The predicted octanol–water partition coefficient (Wildman–Crippen LogP) is 5.04. The summed E-state index contributed by atoms with van der Waals surface area (Å²) >= 11 is 1.28. The fourth-order valence-electron chi connectivity index (χ4n) is 2.89. The maximum absolute atomic E-state index is 12.8. The second-order valence-corrected chi connectivity index (χ2v) is 7.10. The molecule has 4 nitrogen and oxygen atoms in total. The molecule has 1 aromatic carbocycles. The van der Waals surface area contributed by atoms with E-state index in [0.29, 0.717) is 10.4 Å². The lowest BCUT2D eigenvalue weighted by Crippen LogP contribution is -2.23. The van der Waals surface area contributed by atoms with Crippen molar-refractivity contribution in [1.29, 1.82) is 0 Å². The van der Waals surface area contributed by atoms with Gasteiger partial charge >= 0.3 is 6.18 Å². The van der Waals surface area contributed by atoms with Crippen molar-refractivity contribution in [3.05, 3.63) is 83.1 Å². The molecule has 0 fully saturated rings. The molecule has 0 bridgehead atoms. The van der Waals surface area contributed by atoms with Crippen LogP contribution in [0, 0.1) is 0 Å². The van der Waals surface area contributed by atoms with E-state index in [1.165, 1.54) is 23.5 Å². The molecule has 1 amide bonds. The summed E-state index contributed by atoms with van der Waals surface area (Å²) in [6.45, 7) is 0.129. The molecule has 0 atom stereocenters. The third-order valence-electron chi connectivity index (χ3n) is 4.24. The van der Waals surface area contributed by atoms with Crippen LogP contribution in [0.3, 0.4) is 0 Å². The number of rotatable bonds is 4. The van der Waals surface area contributed by atoms with Gasteiger partial charge in [0.2, 0.25) is 0 Å². The monoisotopic (exact) mass is 401 g/mol. The summed E-state index contributed by atoms with van der Waals surface area (Å²) in [7, 11) is 0. The average molecular weight is 401 g/mol. The Labute approximate surface area is 162 Å². The summed E-state index contributed by atoms with van der Waals surface area (Å²) in [6.07, 6.45) is 0.988. The van der Waals surface area contributed by atoms with Crippen molar-refractivity contribution >= 4 is 27.5 Å². The Balaban J connectivity index is 1.59. The maximum atomic E-state index is 12.8. The SMILES string of the molecule is O=C(NCc1ccc(C(F)(F)F)cc1)c1sc2ncccc2c1-n1cccc1. The molecule has 3 heterocycles. The van der Waals surface area contributed by atoms with Crippen LogP contribution < -0.4 is 5.32 Å². The van der Waals surface area contributed by atoms with Crippen LogP contribution in [-0.2, 0) is 12.7 Å². The van der Waals surface area contributed by atoms with Crippen molar-refractivity contribution in [2.24, 2.45) is 0 Å². The minimum atomic E-state index is -4.38. The standard InChI is InChI=1S/C20H14F3N3OS/c21-20(22,23)14-7-5-13(6-8-14)12-25-18(27)17-16(26-10-1-2-11-26)15-4-3-9-24-19(15)28-17/h1-11H,12H2,(H,25,27). The van der Waals surface area contributed by atoms with Crippen molar-refractivity contribution in [1.82, 2.24) is 14.9 Å². The number of nitrogens with one attached hydrogen (secondary N) is 1. The highest BCUT2D eigenvalue weighted by atomic mass is 32.1. The number of aromatic nitrogens is 2. The number of thiophene rings is 1. The van der Waals surface area contributed by atoms with Crippen molar-refractivity contribution in [3.8, 4) is 5.69 Å². The van der Waals surface area contributed by atoms with E-state index in [0.717, 1.165) is 28.0 Å². The van der Waals surface area contributed by atoms with E-state index in [1.807, 2.05) is 41.2 Å². The van der Waals surface area contributed by atoms with Crippen molar-refractivity contribution < 1.29 is 18.0 Å². The van der Waals surface area contributed by atoms with Crippen LogP contribution in [0.2, 0.25) is 0 Å². The van der Waals surface area contributed by atoms with Gasteiger partial charge in [0.25, 0.3) is 5.91 Å². The number of benzene rings is 1. The quantitative estimate of drug-likeness (QED) is 0.521. The molecule has 3 aromatic heterocycles. The fourth-order valence-corrected chi connectivity index (χ4v) is 3.95. The number of hydrogen-bond acceptors (Lipinski definition) is 3. The Morgan fingerprint density at radius 3 is 2.46 bits per heavy atom. The first-order valence-electron chi connectivity index (χ1n) is 8.38. The largest absolute Gasteiger partial charge is 0.416 e. The summed E-state index contributed by atoms with van der Waals surface area (Å²) in [6, 6.07) is 12.2. The second kappa shape index (κ2) is 7.12. The van der Waals surface area contributed by atoms with Crippen LogP contribution >= 0.6 is 11.3 Å². The molecule has 4 rings (SSSR count). The average Bonchev–Trinajstić information content (AvgIpc) is 3.33. The van der Waals surface area contributed by atoms with E-state index < -0.39 is 11.7 Å². The van der Waals surface area contributed by atoms with E-state index in [-0.39, 0.29) is 12.5 Å². The van der Waals surface area contributed by atoms with Crippen molar-refractivity contribution in [2.45, 2.75) is 12.7 Å². The van der Waals surface area contributed by atoms with Gasteiger partial charge in [0.1, 0.15) is 9.71 Å². The highest BCUT2D eigenvalue weighted by Crippen LogP contribution is 2.33. The molecule has 28 heavy (non-hydrogen) atoms. The number of amides is 1. The number of hydrogen-bond donors (Lipinski definition) is 1. The van der Waals surface area contributed by atoms with E-state index >= 15 is 0 Å². The Morgan fingerprint density at radius 1 is 1.07 bits per heavy atom. The number of halogens is 3. The van der Waals surface area contributed by atoms with Gasteiger partial charge in [0.15, 0.2) is 0 Å². The molecular formula is C20H14F3N3OS. The van der Waals surface area contributed by atoms with Gasteiger partial charge in [-0.05, 0) is 42.0 Å². The summed E-state index contributed by atoms with van der Waals surface area (Å²) in [5.41, 5.74) is 0.610. The number of pyridine rings is 1. The van der Waals surface area contributed by atoms with Gasteiger partial charge in [-0.3, -0.25) is 4.79 Å². The zero-order chi connectivity index (χ0) is 19.7. The second-order valence-electron chi connectivity index (χ2n) is 6.10. The van der Waals surface area contributed by atoms with Gasteiger partial charge in [0, 0.05) is 30.5 Å². The molecular weight excluding hydrogens is 387 g/mol. The predicted molar refractivity (Wildman–Crippen MR) is 102 cm³/mol. The molecule has 142 valence electrons. The van der Waals surface area contributed by atoms with Crippen molar-refractivity contribution in [3.63, 3.8) is 0 Å². The summed E-state index contributed by atoms with van der Waals surface area (Å²) < 4.78 is 39.8. The van der Waals surface area contributed by atoms with E-state index in [9.17, 15) is 18.0 Å². The lowest BCUT2D eigenvalue weighted by molar-refractivity contribution is -0.137. The van der Waals surface area contributed by atoms with Crippen LogP contribution in [-0.4, -0.2) is 15.5 Å². The van der Waals surface area contributed by atoms with Crippen LogP contribution in [0.25, 0.3) is 15.9 Å². The van der Waals surface area contributed by atoms with Crippen LogP contribution in [0.1, 0.15) is 20.8 Å². The third kappa shape index (κ3) is 3.50. The number of nitrogens with zero attached hydrogens (tertiary/aromatic N) is 2. The Kier molecular flexibility index (Phi) is 4.64. The molecule has 4 aromatic rings. The summed E-state index contributed by atoms with van der Waals surface area (Å²) in [5, 5.41) is 3.65. The molecule has 8 heteroatoms. The maximum Gasteiger partial charge on any atom is 0.416 e. The molecule has 0 spiro atoms. The number of carbonyl (C=O) groups is 1. The summed E-state index contributed by atoms with van der Waals surface area (Å²) in [5.74, 6) is -0.299. The van der Waals surface area contributed by atoms with Gasteiger partial charge in [-0.2, -0.15) is 13.2 Å². The Morgan fingerprint density at radius 2 is 1.79 bits per heavy atom. The van der Waals surface area contributed by atoms with E-state index in [1.54, 1.807) is 6.20 Å². The van der Waals surface area contributed by atoms with E-state index in [4.69, 9.17) is 0 Å². The molecule has 0 saturated heterocycles. The van der Waals surface area contributed by atoms with Gasteiger partial charge in [-0.1, -0.05) is 12.1 Å². The first-order valence-corrected chi connectivity index (χ1v) is 9.20. The van der Waals surface area contributed by atoms with Gasteiger partial charge < -0.3 is 9.88 Å². The minimum absolute atomic E-state index is 0.129. The van der Waals surface area contributed by atoms with Gasteiger partial charge in [0.05, 0.1) is 11.3 Å². The van der Waals surface area contributed by atoms with E-state index in [2.05, 4.69) is 10.3 Å². The summed E-state index contributed by atoms with van der Waals surface area (Å²) in [4.78, 5) is 18.4. The molecule has 0 aliphatic carbocycles. The first kappa shape index (κ1) is 18.2. The molecule has 0 saturated carbocycles. The molecule has 0 radical (unpaired) electrons. The number of fused-ring (bicyclic) bond motifs is 1. The highest BCUT2D eigenvalue weighted by Gasteiger charge is 2.30. The smallest absolute Gasteiger partial charge is 0.347 e. The first-order chi connectivity index (χ1) is 13.4. The van der Waals surface area contributed by atoms with Crippen LogP contribution in [0.15, 0.2) is 67.1 Å². The normalized spacial score (nSPS) is 11.7. The zero-order valence-corrected chi connectivity index (χ0v) is 15.2. The zero-order valence-electron chi connectivity index (χ0n) is 14.4. The Bertz CT molecular complexity index is 1120. The number of alkyl halides is 3. The molecule has 0 unspecified atom stereocenters. The molecule has 0 aliphatic rings.